The van der Waals surface area contributed by atoms with E-state index in [9.17, 15) is 23.1 Å². The Morgan fingerprint density at radius 1 is 1.31 bits per heavy atom. The first kappa shape index (κ1) is 20.6. The predicted octanol–water partition coefficient (Wildman–Crippen LogP) is 4.70. The summed E-state index contributed by atoms with van der Waals surface area (Å²) in [7, 11) is 0. The first-order chi connectivity index (χ1) is 11.9. The van der Waals surface area contributed by atoms with Gasteiger partial charge in [-0.05, 0) is 31.0 Å². The molecule has 1 aliphatic carbocycles. The molecule has 0 spiro atoms. The molecule has 0 aliphatic heterocycles. The average Bonchev–Trinajstić information content (AvgIpc) is 2.45. The van der Waals surface area contributed by atoms with Crippen LogP contribution in [0, 0.1) is 5.92 Å². The number of benzene rings is 1. The van der Waals surface area contributed by atoms with Gasteiger partial charge in [0.05, 0.1) is 11.1 Å². The monoisotopic (exact) mass is 395 g/mol. The summed E-state index contributed by atoms with van der Waals surface area (Å²) in [4.78, 5) is 11.5. The van der Waals surface area contributed by atoms with Gasteiger partial charge in [-0.2, -0.15) is 0 Å². The van der Waals surface area contributed by atoms with Crippen molar-refractivity contribution in [1.82, 2.24) is 0 Å². The Morgan fingerprint density at radius 2 is 1.92 bits per heavy atom. The summed E-state index contributed by atoms with van der Waals surface area (Å²) in [6.45, 7) is 5.15. The molecule has 9 heteroatoms. The smallest absolute Gasteiger partial charge is 0.489 e. The summed E-state index contributed by atoms with van der Waals surface area (Å²) in [5.74, 6) is -0.849. The van der Waals surface area contributed by atoms with Crippen LogP contribution in [-0.4, -0.2) is 35.2 Å². The molecule has 1 aromatic carbocycles. The van der Waals surface area contributed by atoms with Gasteiger partial charge in [0.2, 0.25) is 0 Å². The maximum Gasteiger partial charge on any atom is 0.522 e. The van der Waals surface area contributed by atoms with E-state index in [1.165, 1.54) is 6.07 Å². The first-order valence-electron chi connectivity index (χ1n) is 8.13. The van der Waals surface area contributed by atoms with E-state index in [0.717, 1.165) is 0 Å². The van der Waals surface area contributed by atoms with E-state index in [-0.39, 0.29) is 23.8 Å². The van der Waals surface area contributed by atoms with E-state index in [4.69, 9.17) is 16.3 Å². The standard InChI is InChI=1S/C17H21ClF3NO4/c1-9(2)16(3,15(23)24)22-10-4-5-14(13(18)6-10)25-11-7-12(8-11)26-17(19,20)21/h4-6,9,11-12,22H,7-8H2,1-3H3,(H,23,24). The molecule has 1 aromatic rings. The summed E-state index contributed by atoms with van der Waals surface area (Å²) in [6, 6.07) is 4.71. The highest BCUT2D eigenvalue weighted by Crippen LogP contribution is 2.36. The third-order valence-corrected chi connectivity index (χ3v) is 4.88. The number of rotatable bonds is 7. The van der Waals surface area contributed by atoms with Gasteiger partial charge < -0.3 is 15.2 Å². The van der Waals surface area contributed by atoms with Crippen molar-refractivity contribution in [3.05, 3.63) is 23.2 Å². The zero-order valence-corrected chi connectivity index (χ0v) is 15.3. The molecular weight excluding hydrogens is 375 g/mol. The normalized spacial score (nSPS) is 22.5. The fraction of sp³-hybridized carbons (Fsp3) is 0.588. The molecule has 1 atom stereocenters. The minimum Gasteiger partial charge on any atom is -0.489 e. The summed E-state index contributed by atoms with van der Waals surface area (Å²) in [5.41, 5.74) is -0.671. The van der Waals surface area contributed by atoms with Crippen molar-refractivity contribution < 1.29 is 32.5 Å². The van der Waals surface area contributed by atoms with Gasteiger partial charge in [0.15, 0.2) is 0 Å². The molecule has 1 unspecified atom stereocenters. The molecule has 0 amide bonds. The van der Waals surface area contributed by atoms with E-state index in [1.54, 1.807) is 32.9 Å². The van der Waals surface area contributed by atoms with E-state index >= 15 is 0 Å². The Labute approximate surface area is 154 Å². The van der Waals surface area contributed by atoms with Crippen molar-refractivity contribution in [3.63, 3.8) is 0 Å². The van der Waals surface area contributed by atoms with Crippen molar-refractivity contribution in [2.24, 2.45) is 5.92 Å². The second-order valence-corrected chi connectivity index (χ2v) is 7.24. The zero-order chi connectivity index (χ0) is 19.7. The second kappa shape index (κ2) is 7.52. The van der Waals surface area contributed by atoms with Crippen LogP contribution in [0.5, 0.6) is 5.75 Å². The Hall–Kier alpha value is -1.67. The molecule has 0 bridgehead atoms. The summed E-state index contributed by atoms with van der Waals surface area (Å²) >= 11 is 6.16. The Kier molecular flexibility index (Phi) is 5.97. The van der Waals surface area contributed by atoms with Crippen LogP contribution in [0.3, 0.4) is 0 Å². The summed E-state index contributed by atoms with van der Waals surface area (Å²) < 4.78 is 45.8. The third kappa shape index (κ3) is 4.94. The van der Waals surface area contributed by atoms with Gasteiger partial charge in [0.25, 0.3) is 0 Å². The quantitative estimate of drug-likeness (QED) is 0.700. The fourth-order valence-corrected chi connectivity index (χ4v) is 2.72. The highest BCUT2D eigenvalue weighted by molar-refractivity contribution is 6.32. The number of nitrogens with one attached hydrogen (secondary N) is 1. The topological polar surface area (TPSA) is 67.8 Å². The summed E-state index contributed by atoms with van der Waals surface area (Å²) in [6.07, 6.45) is -5.70. The molecule has 26 heavy (non-hydrogen) atoms. The van der Waals surface area contributed by atoms with Crippen LogP contribution in [0.15, 0.2) is 18.2 Å². The number of hydrogen-bond donors (Lipinski definition) is 2. The number of carbonyl (C=O) groups is 1. The highest BCUT2D eigenvalue weighted by Gasteiger charge is 2.41. The zero-order valence-electron chi connectivity index (χ0n) is 14.6. The lowest BCUT2D eigenvalue weighted by atomic mass is 9.88. The fourth-order valence-electron chi connectivity index (χ4n) is 2.50. The number of aliphatic carboxylic acids is 1. The number of anilines is 1. The van der Waals surface area contributed by atoms with E-state index in [1.807, 2.05) is 0 Å². The van der Waals surface area contributed by atoms with Crippen LogP contribution in [0.4, 0.5) is 18.9 Å². The number of ether oxygens (including phenoxy) is 2. The Balaban J connectivity index is 1.97. The van der Waals surface area contributed by atoms with E-state index < -0.39 is 30.1 Å². The van der Waals surface area contributed by atoms with Gasteiger partial charge >= 0.3 is 12.3 Å². The van der Waals surface area contributed by atoms with Crippen molar-refractivity contribution >= 4 is 23.3 Å². The number of carboxylic acids is 1. The van der Waals surface area contributed by atoms with Gasteiger partial charge in [-0.3, -0.25) is 4.74 Å². The molecule has 0 heterocycles. The largest absolute Gasteiger partial charge is 0.522 e. The number of halogens is 4. The van der Waals surface area contributed by atoms with Crippen LogP contribution < -0.4 is 10.1 Å². The molecule has 0 saturated heterocycles. The number of hydrogen-bond acceptors (Lipinski definition) is 4. The van der Waals surface area contributed by atoms with Crippen molar-refractivity contribution in [3.8, 4) is 5.75 Å². The maximum absolute atomic E-state index is 12.1. The lowest BCUT2D eigenvalue weighted by molar-refractivity contribution is -0.355. The predicted molar refractivity (Wildman–Crippen MR) is 90.5 cm³/mol. The van der Waals surface area contributed by atoms with Crippen LogP contribution in [0.2, 0.25) is 5.02 Å². The molecule has 0 radical (unpaired) electrons. The number of alkyl halides is 3. The average molecular weight is 396 g/mol. The molecule has 2 N–H and O–H groups in total. The minimum atomic E-state index is -4.65. The van der Waals surface area contributed by atoms with Gasteiger partial charge in [-0.1, -0.05) is 25.4 Å². The molecule has 2 rings (SSSR count). The lowest BCUT2D eigenvalue weighted by Gasteiger charge is -2.35. The van der Waals surface area contributed by atoms with E-state index in [0.29, 0.717) is 11.4 Å². The number of carboxylic acid groups (broad SMARTS) is 1. The Morgan fingerprint density at radius 3 is 2.38 bits per heavy atom. The third-order valence-electron chi connectivity index (χ3n) is 4.58. The molecule has 5 nitrogen and oxygen atoms in total. The molecule has 1 fully saturated rings. The molecular formula is C17H21ClF3NO4. The van der Waals surface area contributed by atoms with Crippen LogP contribution in [0.1, 0.15) is 33.6 Å². The Bertz CT molecular complexity index is 662. The maximum atomic E-state index is 12.1. The molecule has 1 aliphatic rings. The highest BCUT2D eigenvalue weighted by atomic mass is 35.5. The van der Waals surface area contributed by atoms with Gasteiger partial charge in [0, 0.05) is 18.5 Å². The van der Waals surface area contributed by atoms with Gasteiger partial charge in [-0.15, -0.1) is 13.2 Å². The molecule has 0 aromatic heterocycles. The SMILES string of the molecule is CC(C)C(C)(Nc1ccc(OC2CC(OC(F)(F)F)C2)c(Cl)c1)C(=O)O. The van der Waals surface area contributed by atoms with Crippen molar-refractivity contribution in [2.75, 3.05) is 5.32 Å². The van der Waals surface area contributed by atoms with Crippen LogP contribution in [-0.2, 0) is 9.53 Å². The second-order valence-electron chi connectivity index (χ2n) is 6.83. The van der Waals surface area contributed by atoms with Gasteiger partial charge in [-0.25, -0.2) is 4.79 Å². The van der Waals surface area contributed by atoms with E-state index in [2.05, 4.69) is 10.1 Å². The van der Waals surface area contributed by atoms with Crippen LogP contribution in [0.25, 0.3) is 0 Å². The lowest BCUT2D eigenvalue weighted by Crippen LogP contribution is -2.48. The molecule has 1 saturated carbocycles. The van der Waals surface area contributed by atoms with Gasteiger partial charge in [0.1, 0.15) is 17.4 Å². The summed E-state index contributed by atoms with van der Waals surface area (Å²) in [5, 5.41) is 12.6. The first-order valence-corrected chi connectivity index (χ1v) is 8.51. The van der Waals surface area contributed by atoms with Crippen molar-refractivity contribution in [1.29, 1.82) is 0 Å². The van der Waals surface area contributed by atoms with Crippen LogP contribution >= 0.6 is 11.6 Å². The van der Waals surface area contributed by atoms with Crippen molar-refractivity contribution in [2.45, 2.75) is 57.7 Å². The molecule has 146 valence electrons. The minimum absolute atomic E-state index is 0.125.